The lowest BCUT2D eigenvalue weighted by Crippen LogP contribution is -2.62. The first kappa shape index (κ1) is 46.0. The SMILES string of the molecule is CC(C)c1cc2c3c(c1)N(c1cc(-c4ccccc4)c(C(C)(C)C)cc1-c1ccccc1)c1cc4c(cc1B3c1ccc(C(C)(C)C)cc1N2c1cccc(C(C)(C)C)c1)C(C)(C)CCC4(C)C. The molecule has 0 saturated carbocycles. The van der Waals surface area contributed by atoms with Gasteiger partial charge in [-0.1, -0.05) is 195 Å². The van der Waals surface area contributed by atoms with Crippen molar-refractivity contribution >= 4 is 57.2 Å². The van der Waals surface area contributed by atoms with Crippen LogP contribution in [-0.2, 0) is 27.1 Å². The van der Waals surface area contributed by atoms with E-state index in [9.17, 15) is 0 Å². The highest BCUT2D eigenvalue weighted by Crippen LogP contribution is 2.53. The van der Waals surface area contributed by atoms with Crippen molar-refractivity contribution in [1.29, 1.82) is 0 Å². The minimum Gasteiger partial charge on any atom is -0.311 e. The third-order valence-electron chi connectivity index (χ3n) is 15.9. The van der Waals surface area contributed by atoms with Gasteiger partial charge in [-0.15, -0.1) is 0 Å². The first-order chi connectivity index (χ1) is 31.9. The largest absolute Gasteiger partial charge is 0.311 e. The molecule has 2 heterocycles. The fourth-order valence-corrected chi connectivity index (χ4v) is 11.6. The van der Waals surface area contributed by atoms with Gasteiger partial charge in [-0.3, -0.25) is 0 Å². The van der Waals surface area contributed by atoms with E-state index in [1.807, 2.05) is 0 Å². The van der Waals surface area contributed by atoms with Crippen LogP contribution in [0.15, 0.2) is 140 Å². The molecule has 7 aromatic carbocycles. The molecule has 2 aliphatic heterocycles. The van der Waals surface area contributed by atoms with Gasteiger partial charge in [0.2, 0.25) is 0 Å². The molecule has 346 valence electrons. The average Bonchev–Trinajstić information content (AvgIpc) is 3.29. The summed E-state index contributed by atoms with van der Waals surface area (Å²) in [6.45, 7) is 35.9. The van der Waals surface area contributed by atoms with Gasteiger partial charge in [-0.05, 0) is 161 Å². The van der Waals surface area contributed by atoms with Gasteiger partial charge < -0.3 is 9.80 Å². The number of hydrogen-bond acceptors (Lipinski definition) is 2. The maximum absolute atomic E-state index is 2.73. The normalized spacial score (nSPS) is 16.0. The number of hydrogen-bond donors (Lipinski definition) is 0. The predicted octanol–water partition coefficient (Wildman–Crippen LogP) is 16.5. The van der Waals surface area contributed by atoms with Crippen LogP contribution in [-0.4, -0.2) is 6.71 Å². The molecule has 2 nitrogen and oxygen atoms in total. The van der Waals surface area contributed by atoms with Gasteiger partial charge >= 0.3 is 0 Å². The van der Waals surface area contributed by atoms with Crippen molar-refractivity contribution < 1.29 is 0 Å². The lowest BCUT2D eigenvalue weighted by Gasteiger charge is -2.48. The molecule has 0 aromatic heterocycles. The highest BCUT2D eigenvalue weighted by Gasteiger charge is 2.47. The highest BCUT2D eigenvalue weighted by atomic mass is 15.2. The van der Waals surface area contributed by atoms with E-state index in [-0.39, 0.29) is 33.8 Å². The number of benzene rings is 7. The molecule has 0 spiro atoms. The minimum absolute atomic E-state index is 0.0114. The second kappa shape index (κ2) is 15.9. The molecule has 0 fully saturated rings. The molecule has 0 amide bonds. The molecule has 10 rings (SSSR count). The summed E-state index contributed by atoms with van der Waals surface area (Å²) in [5.74, 6) is 0.295. The summed E-state index contributed by atoms with van der Waals surface area (Å²) < 4.78 is 0. The summed E-state index contributed by atoms with van der Waals surface area (Å²) in [5.41, 5.74) is 25.0. The van der Waals surface area contributed by atoms with E-state index in [0.717, 1.165) is 12.8 Å². The summed E-state index contributed by atoms with van der Waals surface area (Å²) in [6, 6.07) is 54.7. The van der Waals surface area contributed by atoms with Crippen molar-refractivity contribution in [2.24, 2.45) is 0 Å². The monoisotopic (exact) mass is 893 g/mol. The number of rotatable bonds is 5. The maximum Gasteiger partial charge on any atom is 0.252 e. The molecule has 0 bridgehead atoms. The molecular formula is C65H73BN2. The summed E-state index contributed by atoms with van der Waals surface area (Å²) in [4.78, 5) is 5.37. The highest BCUT2D eigenvalue weighted by molar-refractivity contribution is 7.00. The minimum atomic E-state index is -0.110. The Hall–Kier alpha value is -5.80. The van der Waals surface area contributed by atoms with Crippen molar-refractivity contribution in [3.05, 3.63) is 173 Å². The fourth-order valence-electron chi connectivity index (χ4n) is 11.6. The van der Waals surface area contributed by atoms with Gasteiger partial charge in [0.15, 0.2) is 0 Å². The topological polar surface area (TPSA) is 6.48 Å². The van der Waals surface area contributed by atoms with E-state index in [2.05, 4.69) is 253 Å². The van der Waals surface area contributed by atoms with Crippen molar-refractivity contribution in [2.75, 3.05) is 9.80 Å². The summed E-state index contributed by atoms with van der Waals surface area (Å²) >= 11 is 0. The van der Waals surface area contributed by atoms with Crippen LogP contribution in [0.3, 0.4) is 0 Å². The van der Waals surface area contributed by atoms with Gasteiger partial charge in [0.25, 0.3) is 6.71 Å². The molecule has 0 unspecified atom stereocenters. The summed E-state index contributed by atoms with van der Waals surface area (Å²) in [7, 11) is 0. The zero-order chi connectivity index (χ0) is 48.5. The van der Waals surface area contributed by atoms with Crippen molar-refractivity contribution in [2.45, 2.75) is 150 Å². The standard InChI is InChI=1S/C65H73BN2/c1-41(2)44-33-58-60-59(34-44)68(55-38-48(42-23-18-16-19-24-42)50(63(9,10)11)37-49(55)43-25-20-17-21-26-43)57-40-52-51(64(12,13)31-32-65(52,14)15)39-54(57)66(60)53-30-29-46(62(6,7)8)36-56(53)67(58)47-28-22-27-45(35-47)61(3,4)5/h16-30,33-41H,31-32H2,1-15H3. The zero-order valence-corrected chi connectivity index (χ0v) is 43.7. The van der Waals surface area contributed by atoms with Crippen molar-refractivity contribution in [1.82, 2.24) is 0 Å². The predicted molar refractivity (Wildman–Crippen MR) is 297 cm³/mol. The Balaban J connectivity index is 1.40. The molecule has 1 aliphatic carbocycles. The van der Waals surface area contributed by atoms with Crippen LogP contribution in [0.5, 0.6) is 0 Å². The van der Waals surface area contributed by atoms with Crippen LogP contribution in [0.2, 0.25) is 0 Å². The van der Waals surface area contributed by atoms with Crippen LogP contribution >= 0.6 is 0 Å². The lowest BCUT2D eigenvalue weighted by molar-refractivity contribution is 0.332. The Kier molecular flexibility index (Phi) is 10.7. The summed E-state index contributed by atoms with van der Waals surface area (Å²) in [5, 5.41) is 0. The Bertz CT molecular complexity index is 3090. The smallest absolute Gasteiger partial charge is 0.252 e. The van der Waals surface area contributed by atoms with Gasteiger partial charge in [-0.2, -0.15) is 0 Å². The molecule has 0 N–H and O–H groups in total. The third-order valence-corrected chi connectivity index (χ3v) is 15.9. The zero-order valence-electron chi connectivity index (χ0n) is 43.7. The van der Waals surface area contributed by atoms with E-state index < -0.39 is 0 Å². The number of anilines is 6. The Morgan fingerprint density at radius 2 is 1.00 bits per heavy atom. The van der Waals surface area contributed by atoms with Gasteiger partial charge in [0.1, 0.15) is 0 Å². The van der Waals surface area contributed by atoms with Crippen LogP contribution < -0.4 is 26.2 Å². The van der Waals surface area contributed by atoms with Crippen LogP contribution in [0.1, 0.15) is 156 Å². The molecular weight excluding hydrogens is 820 g/mol. The average molecular weight is 893 g/mol. The van der Waals surface area contributed by atoms with E-state index in [4.69, 9.17) is 0 Å². The molecule has 3 aliphatic rings. The molecule has 0 saturated heterocycles. The molecule has 0 atom stereocenters. The van der Waals surface area contributed by atoms with Gasteiger partial charge in [0.05, 0.1) is 5.69 Å². The van der Waals surface area contributed by atoms with Crippen molar-refractivity contribution in [3.63, 3.8) is 0 Å². The van der Waals surface area contributed by atoms with Crippen LogP contribution in [0.4, 0.5) is 34.1 Å². The van der Waals surface area contributed by atoms with E-state index in [0.29, 0.717) is 5.92 Å². The van der Waals surface area contributed by atoms with Crippen molar-refractivity contribution in [3.8, 4) is 22.3 Å². The lowest BCUT2D eigenvalue weighted by atomic mass is 9.33. The van der Waals surface area contributed by atoms with E-state index in [1.165, 1.54) is 106 Å². The Morgan fingerprint density at radius 3 is 1.57 bits per heavy atom. The van der Waals surface area contributed by atoms with Crippen LogP contribution in [0, 0.1) is 0 Å². The third kappa shape index (κ3) is 7.64. The molecule has 68 heavy (non-hydrogen) atoms. The van der Waals surface area contributed by atoms with Gasteiger partial charge in [0, 0.05) is 34.0 Å². The summed E-state index contributed by atoms with van der Waals surface area (Å²) in [6.07, 6.45) is 2.32. The Labute approximate surface area is 409 Å². The fraction of sp³-hybridized carbons (Fsp3) is 0.354. The quantitative estimate of drug-likeness (QED) is 0.159. The second-order valence-electron chi connectivity index (χ2n) is 25.2. The first-order valence-corrected chi connectivity index (χ1v) is 25.5. The molecule has 0 radical (unpaired) electrons. The molecule has 3 heteroatoms. The van der Waals surface area contributed by atoms with Gasteiger partial charge in [-0.25, -0.2) is 0 Å². The number of fused-ring (bicyclic) bond motifs is 5. The molecule has 7 aromatic rings. The second-order valence-corrected chi connectivity index (χ2v) is 25.2. The van der Waals surface area contributed by atoms with E-state index in [1.54, 1.807) is 0 Å². The first-order valence-electron chi connectivity index (χ1n) is 25.5. The Morgan fingerprint density at radius 1 is 0.456 bits per heavy atom. The van der Waals surface area contributed by atoms with Crippen LogP contribution in [0.25, 0.3) is 22.3 Å². The van der Waals surface area contributed by atoms with E-state index >= 15 is 0 Å². The number of nitrogens with zero attached hydrogens (tertiary/aromatic N) is 2. The maximum atomic E-state index is 2.73.